The highest BCUT2D eigenvalue weighted by molar-refractivity contribution is 7.86. The first kappa shape index (κ1) is 33.3. The molecule has 0 aliphatic heterocycles. The largest absolute Gasteiger partial charge is 0.461 e. The number of carbonyl (C=O) groups excluding carboxylic acids is 2. The molecule has 0 amide bonds. The van der Waals surface area contributed by atoms with Gasteiger partial charge >= 0.3 is 5.97 Å². The molecular formula is C30H50O6S. The molecule has 0 spiro atoms. The summed E-state index contributed by atoms with van der Waals surface area (Å²) in [6.45, 7) is 5.65. The fraction of sp³-hybridized carbons (Fsp3) is 0.733. The van der Waals surface area contributed by atoms with Crippen LogP contribution in [0.15, 0.2) is 23.1 Å². The summed E-state index contributed by atoms with van der Waals surface area (Å²) in [5.41, 5.74) is 1.46. The van der Waals surface area contributed by atoms with Crippen LogP contribution in [0.4, 0.5) is 0 Å². The summed E-state index contributed by atoms with van der Waals surface area (Å²) in [6, 6.07) is 4.59. The molecule has 1 aromatic carbocycles. The third-order valence-electron chi connectivity index (χ3n) is 6.70. The fourth-order valence-electron chi connectivity index (χ4n) is 4.28. The smallest absolute Gasteiger partial charge is 0.306 e. The number of aldehydes is 1. The van der Waals surface area contributed by atoms with Gasteiger partial charge in [0.1, 0.15) is 12.9 Å². The van der Waals surface area contributed by atoms with Gasteiger partial charge < -0.3 is 9.53 Å². The molecular weight excluding hydrogens is 488 g/mol. The van der Waals surface area contributed by atoms with Crippen LogP contribution in [0.2, 0.25) is 0 Å². The van der Waals surface area contributed by atoms with Crippen molar-refractivity contribution in [2.24, 2.45) is 0 Å². The fourth-order valence-corrected chi connectivity index (χ4v) is 5.42. The molecule has 0 saturated carbocycles. The van der Waals surface area contributed by atoms with Gasteiger partial charge in [-0.1, -0.05) is 103 Å². The van der Waals surface area contributed by atoms with Crippen molar-refractivity contribution in [3.63, 3.8) is 0 Å². The van der Waals surface area contributed by atoms with Crippen molar-refractivity contribution in [2.75, 3.05) is 0 Å². The van der Waals surface area contributed by atoms with Crippen molar-refractivity contribution in [2.45, 2.75) is 148 Å². The van der Waals surface area contributed by atoms with E-state index < -0.39 is 16.2 Å². The van der Waals surface area contributed by atoms with Crippen molar-refractivity contribution >= 4 is 22.4 Å². The van der Waals surface area contributed by atoms with Crippen LogP contribution in [0.1, 0.15) is 134 Å². The molecule has 0 aliphatic carbocycles. The van der Waals surface area contributed by atoms with Gasteiger partial charge in [-0.05, 0) is 43.5 Å². The number of aryl methyl sites for hydroxylation is 1. The van der Waals surface area contributed by atoms with Crippen molar-refractivity contribution in [1.82, 2.24) is 0 Å². The zero-order valence-electron chi connectivity index (χ0n) is 23.5. The highest BCUT2D eigenvalue weighted by Crippen LogP contribution is 2.20. The maximum atomic E-state index is 12.4. The average Bonchev–Trinajstić information content (AvgIpc) is 2.85. The second-order valence-electron chi connectivity index (χ2n) is 10.2. The Morgan fingerprint density at radius 2 is 1.38 bits per heavy atom. The maximum absolute atomic E-state index is 12.4. The molecule has 1 aromatic rings. The van der Waals surface area contributed by atoms with Gasteiger partial charge in [0.05, 0.1) is 11.0 Å². The summed E-state index contributed by atoms with van der Waals surface area (Å²) < 4.78 is 35.3. The van der Waals surface area contributed by atoms with Crippen molar-refractivity contribution in [3.05, 3.63) is 29.3 Å². The van der Waals surface area contributed by atoms with E-state index in [0.29, 0.717) is 18.3 Å². The summed E-state index contributed by atoms with van der Waals surface area (Å²) in [4.78, 5) is 22.7. The Balaban J connectivity index is 2.16. The van der Waals surface area contributed by atoms with Crippen LogP contribution < -0.4 is 0 Å². The van der Waals surface area contributed by atoms with Gasteiger partial charge in [-0.25, -0.2) is 0 Å². The van der Waals surface area contributed by atoms with Crippen LogP contribution in [0, 0.1) is 6.92 Å². The molecule has 0 bridgehead atoms. The quantitative estimate of drug-likeness (QED) is 0.0607. The minimum atomic E-state index is -4.00. The molecule has 0 N–H and O–H groups in total. The Kier molecular flexibility index (Phi) is 18.2. The van der Waals surface area contributed by atoms with E-state index in [2.05, 4.69) is 6.92 Å². The molecule has 0 aliphatic rings. The molecule has 6 nitrogen and oxygen atoms in total. The Hall–Kier alpha value is -1.73. The number of ether oxygens (including phenoxy) is 1. The number of esters is 1. The molecule has 0 radical (unpaired) electrons. The summed E-state index contributed by atoms with van der Waals surface area (Å²) in [5.74, 6) is -0.266. The number of hydrogen-bond donors (Lipinski definition) is 0. The number of hydrogen-bond acceptors (Lipinski definition) is 6. The summed E-state index contributed by atoms with van der Waals surface area (Å²) in [7, 11) is -4.00. The summed E-state index contributed by atoms with van der Waals surface area (Å²) >= 11 is 0. The minimum Gasteiger partial charge on any atom is -0.461 e. The Morgan fingerprint density at radius 3 is 1.89 bits per heavy atom. The normalized spacial score (nSPS) is 12.4. The Labute approximate surface area is 226 Å². The lowest BCUT2D eigenvalue weighted by molar-refractivity contribution is -0.145. The molecule has 0 saturated heterocycles. The standard InChI is InChI=1S/C30H50O6S/c1-4-5-6-7-8-9-10-11-12-13-14-15-16-17-18-19-30(32)35-25-28-24-29(21-20-26(28)2)37(33,34)36-27(3)22-23-31/h20-21,23-24,27H,4-19,22,25H2,1-3H3/t27-/m0/s1. The maximum Gasteiger partial charge on any atom is 0.306 e. The number of carbonyl (C=O) groups is 2. The van der Waals surface area contributed by atoms with Gasteiger partial charge in [-0.3, -0.25) is 8.98 Å². The molecule has 1 rings (SSSR count). The molecule has 0 heterocycles. The van der Waals surface area contributed by atoms with Gasteiger partial charge in [0.15, 0.2) is 0 Å². The third-order valence-corrected chi connectivity index (χ3v) is 8.11. The summed E-state index contributed by atoms with van der Waals surface area (Å²) in [6.07, 6.45) is 19.4. The molecule has 212 valence electrons. The van der Waals surface area contributed by atoms with E-state index in [4.69, 9.17) is 8.92 Å². The lowest BCUT2D eigenvalue weighted by Crippen LogP contribution is -2.16. The van der Waals surface area contributed by atoms with Crippen molar-refractivity contribution in [1.29, 1.82) is 0 Å². The van der Waals surface area contributed by atoms with Gasteiger partial charge in [0, 0.05) is 12.8 Å². The Morgan fingerprint density at radius 1 is 0.865 bits per heavy atom. The van der Waals surface area contributed by atoms with Crippen LogP contribution in [0.25, 0.3) is 0 Å². The SMILES string of the molecule is CCCCCCCCCCCCCCCCCC(=O)OCc1cc(S(=O)(=O)O[C@@H](C)CC=O)ccc1C. The lowest BCUT2D eigenvalue weighted by atomic mass is 10.0. The van der Waals surface area contributed by atoms with Gasteiger partial charge in [-0.2, -0.15) is 8.42 Å². The molecule has 0 aromatic heterocycles. The first-order valence-corrected chi connectivity index (χ1v) is 15.8. The predicted octanol–water partition coefficient (Wildman–Crippen LogP) is 7.98. The van der Waals surface area contributed by atoms with Crippen LogP contribution >= 0.6 is 0 Å². The number of rotatable bonds is 23. The number of benzene rings is 1. The topological polar surface area (TPSA) is 86.7 Å². The highest BCUT2D eigenvalue weighted by Gasteiger charge is 2.20. The van der Waals surface area contributed by atoms with Gasteiger partial charge in [0.2, 0.25) is 0 Å². The van der Waals surface area contributed by atoms with E-state index >= 15 is 0 Å². The molecule has 7 heteroatoms. The van der Waals surface area contributed by atoms with Crippen LogP contribution in [-0.4, -0.2) is 26.8 Å². The average molecular weight is 539 g/mol. The van der Waals surface area contributed by atoms with Crippen LogP contribution in [0.3, 0.4) is 0 Å². The first-order chi connectivity index (χ1) is 17.8. The zero-order chi connectivity index (χ0) is 27.4. The highest BCUT2D eigenvalue weighted by atomic mass is 32.2. The van der Waals surface area contributed by atoms with E-state index in [9.17, 15) is 18.0 Å². The molecule has 0 unspecified atom stereocenters. The van der Waals surface area contributed by atoms with E-state index in [0.717, 1.165) is 24.8 Å². The molecule has 0 fully saturated rings. The van der Waals surface area contributed by atoms with Crippen LogP contribution in [-0.2, 0) is 35.2 Å². The molecule has 1 atom stereocenters. The van der Waals surface area contributed by atoms with E-state index in [-0.39, 0.29) is 23.9 Å². The first-order valence-electron chi connectivity index (χ1n) is 14.4. The van der Waals surface area contributed by atoms with Gasteiger partial charge in [-0.15, -0.1) is 0 Å². The third kappa shape index (κ3) is 16.0. The van der Waals surface area contributed by atoms with Crippen LogP contribution in [0.5, 0.6) is 0 Å². The Bertz CT molecular complexity index is 865. The molecule has 37 heavy (non-hydrogen) atoms. The van der Waals surface area contributed by atoms with E-state index in [1.54, 1.807) is 6.07 Å². The van der Waals surface area contributed by atoms with E-state index in [1.165, 1.54) is 96.1 Å². The number of unbranched alkanes of at least 4 members (excludes halogenated alkanes) is 14. The summed E-state index contributed by atoms with van der Waals surface area (Å²) in [5, 5.41) is 0. The lowest BCUT2D eigenvalue weighted by Gasteiger charge is -2.13. The second kappa shape index (κ2) is 20.3. The second-order valence-corrected chi connectivity index (χ2v) is 11.8. The zero-order valence-corrected chi connectivity index (χ0v) is 24.3. The minimum absolute atomic E-state index is 0.00509. The van der Waals surface area contributed by atoms with Crippen molar-refractivity contribution < 1.29 is 26.9 Å². The van der Waals surface area contributed by atoms with Crippen molar-refractivity contribution in [3.8, 4) is 0 Å². The van der Waals surface area contributed by atoms with E-state index in [1.807, 2.05) is 6.92 Å². The monoisotopic (exact) mass is 538 g/mol. The van der Waals surface area contributed by atoms with Gasteiger partial charge in [0.25, 0.3) is 10.1 Å². The predicted molar refractivity (Wildman–Crippen MR) is 149 cm³/mol.